The van der Waals surface area contributed by atoms with E-state index in [-0.39, 0.29) is 18.1 Å². The van der Waals surface area contributed by atoms with Crippen LogP contribution in [0.15, 0.2) is 47.3 Å². The fraction of sp³-hybridized carbons (Fsp3) is 0.273. The molecule has 3 aromatic rings. The second kappa shape index (κ2) is 8.08. The van der Waals surface area contributed by atoms with Crippen LogP contribution in [0.1, 0.15) is 22.3 Å². The molecule has 0 unspecified atom stereocenters. The summed E-state index contributed by atoms with van der Waals surface area (Å²) >= 11 is 0. The molecule has 2 aromatic carbocycles. The average molecular weight is 364 g/mol. The Morgan fingerprint density at radius 3 is 2.63 bits per heavy atom. The molecule has 0 aliphatic carbocycles. The number of fused-ring (bicyclic) bond motifs is 1. The van der Waals surface area contributed by atoms with Gasteiger partial charge in [0, 0.05) is 17.6 Å². The summed E-state index contributed by atoms with van der Waals surface area (Å²) in [5.41, 5.74) is 4.77. The minimum absolute atomic E-state index is 0.0458. The van der Waals surface area contributed by atoms with E-state index in [1.54, 1.807) is 0 Å². The molecule has 1 aromatic heterocycles. The summed E-state index contributed by atoms with van der Waals surface area (Å²) in [5.74, 6) is 0.468. The van der Waals surface area contributed by atoms with E-state index in [1.165, 1.54) is 5.56 Å². The Labute approximate surface area is 158 Å². The summed E-state index contributed by atoms with van der Waals surface area (Å²) in [7, 11) is 0. The number of aryl methyl sites for hydroxylation is 3. The number of carbonyl (C=O) groups is 1. The molecule has 2 N–H and O–H groups in total. The highest BCUT2D eigenvalue weighted by Crippen LogP contribution is 2.16. The maximum Gasteiger partial charge on any atom is 0.257 e. The molecule has 0 saturated heterocycles. The number of nitrogens with one attached hydrogen (secondary N) is 2. The number of hydrogen-bond acceptors (Lipinski definition) is 3. The second-order valence-electron chi connectivity index (χ2n) is 6.85. The molecule has 0 aliphatic rings. The number of carbonyl (C=O) groups excluding carboxylic acids is 1. The number of aromatic nitrogens is 1. The van der Waals surface area contributed by atoms with E-state index in [2.05, 4.69) is 10.3 Å². The Balaban J connectivity index is 1.53. The van der Waals surface area contributed by atoms with Crippen molar-refractivity contribution in [2.75, 3.05) is 13.2 Å². The third kappa shape index (κ3) is 4.76. The summed E-state index contributed by atoms with van der Waals surface area (Å²) in [6, 6.07) is 13.6. The SMILES string of the molecule is Cc1ccc2cc(CCNC(=O)COc3ccc(C)c(C)c3)c(=O)[nH]c2c1. The van der Waals surface area contributed by atoms with Gasteiger partial charge in [-0.3, -0.25) is 9.59 Å². The number of rotatable bonds is 6. The summed E-state index contributed by atoms with van der Waals surface area (Å²) in [6.45, 7) is 6.36. The lowest BCUT2D eigenvalue weighted by Gasteiger charge is -2.09. The van der Waals surface area contributed by atoms with Crippen LogP contribution in [-0.2, 0) is 11.2 Å². The molecular weight excluding hydrogens is 340 g/mol. The van der Waals surface area contributed by atoms with Crippen molar-refractivity contribution in [3.05, 3.63) is 75.1 Å². The topological polar surface area (TPSA) is 71.2 Å². The molecule has 5 nitrogen and oxygen atoms in total. The van der Waals surface area contributed by atoms with Crippen LogP contribution < -0.4 is 15.6 Å². The molecular formula is C22H24N2O3. The highest BCUT2D eigenvalue weighted by atomic mass is 16.5. The zero-order valence-electron chi connectivity index (χ0n) is 15.9. The van der Waals surface area contributed by atoms with Crippen molar-refractivity contribution in [1.82, 2.24) is 10.3 Å². The van der Waals surface area contributed by atoms with Gasteiger partial charge >= 0.3 is 0 Å². The van der Waals surface area contributed by atoms with E-state index in [0.717, 1.165) is 22.0 Å². The van der Waals surface area contributed by atoms with Crippen LogP contribution in [0.5, 0.6) is 5.75 Å². The molecule has 27 heavy (non-hydrogen) atoms. The van der Waals surface area contributed by atoms with Gasteiger partial charge in [-0.1, -0.05) is 18.2 Å². The van der Waals surface area contributed by atoms with Crippen molar-refractivity contribution in [3.8, 4) is 5.75 Å². The van der Waals surface area contributed by atoms with Crippen LogP contribution in [0.2, 0.25) is 0 Å². The average Bonchev–Trinajstić information content (AvgIpc) is 2.63. The molecule has 140 valence electrons. The first-order chi connectivity index (χ1) is 12.9. The standard InChI is InChI=1S/C22H24N2O3/c1-14-4-6-17-12-18(22(26)24-20(17)10-14)8-9-23-21(25)13-27-19-7-5-15(2)16(3)11-19/h4-7,10-12H,8-9,13H2,1-3H3,(H,23,25)(H,24,26). The van der Waals surface area contributed by atoms with E-state index < -0.39 is 0 Å². The Morgan fingerprint density at radius 1 is 1.04 bits per heavy atom. The maximum atomic E-state index is 12.2. The first-order valence-corrected chi connectivity index (χ1v) is 9.02. The van der Waals surface area contributed by atoms with Gasteiger partial charge in [0.05, 0.1) is 0 Å². The van der Waals surface area contributed by atoms with E-state index in [1.807, 2.05) is 63.2 Å². The summed E-state index contributed by atoms with van der Waals surface area (Å²) in [6.07, 6.45) is 0.467. The van der Waals surface area contributed by atoms with Crippen LogP contribution in [0, 0.1) is 20.8 Å². The van der Waals surface area contributed by atoms with Crippen molar-refractivity contribution in [2.45, 2.75) is 27.2 Å². The number of hydrogen-bond donors (Lipinski definition) is 2. The predicted molar refractivity (Wildman–Crippen MR) is 107 cm³/mol. The number of amides is 1. The van der Waals surface area contributed by atoms with E-state index in [9.17, 15) is 9.59 Å². The van der Waals surface area contributed by atoms with E-state index in [4.69, 9.17) is 4.74 Å². The molecule has 1 heterocycles. The molecule has 0 fully saturated rings. The summed E-state index contributed by atoms with van der Waals surface area (Å²) in [5, 5.41) is 3.78. The molecule has 0 saturated carbocycles. The smallest absolute Gasteiger partial charge is 0.257 e. The van der Waals surface area contributed by atoms with E-state index >= 15 is 0 Å². The number of benzene rings is 2. The number of pyridine rings is 1. The highest BCUT2D eigenvalue weighted by Gasteiger charge is 2.06. The van der Waals surface area contributed by atoms with Gasteiger partial charge in [-0.2, -0.15) is 0 Å². The van der Waals surface area contributed by atoms with Crippen molar-refractivity contribution in [1.29, 1.82) is 0 Å². The fourth-order valence-electron chi connectivity index (χ4n) is 2.89. The van der Waals surface area contributed by atoms with Crippen LogP contribution in [0.3, 0.4) is 0 Å². The summed E-state index contributed by atoms with van der Waals surface area (Å²) < 4.78 is 5.52. The van der Waals surface area contributed by atoms with Crippen molar-refractivity contribution >= 4 is 16.8 Å². The normalized spacial score (nSPS) is 10.8. The van der Waals surface area contributed by atoms with Crippen LogP contribution in [0.25, 0.3) is 10.9 Å². The van der Waals surface area contributed by atoms with Crippen LogP contribution >= 0.6 is 0 Å². The van der Waals surface area contributed by atoms with Gasteiger partial charge in [0.15, 0.2) is 6.61 Å². The Morgan fingerprint density at radius 2 is 1.85 bits per heavy atom. The van der Waals surface area contributed by atoms with Crippen molar-refractivity contribution in [3.63, 3.8) is 0 Å². The second-order valence-corrected chi connectivity index (χ2v) is 6.85. The third-order valence-corrected chi connectivity index (χ3v) is 4.64. The minimum atomic E-state index is -0.207. The van der Waals surface area contributed by atoms with Gasteiger partial charge in [0.25, 0.3) is 11.5 Å². The first-order valence-electron chi connectivity index (χ1n) is 9.02. The molecule has 5 heteroatoms. The fourth-order valence-corrected chi connectivity index (χ4v) is 2.89. The zero-order valence-corrected chi connectivity index (χ0v) is 15.9. The van der Waals surface area contributed by atoms with Crippen LogP contribution in [-0.4, -0.2) is 24.0 Å². The zero-order chi connectivity index (χ0) is 19.4. The van der Waals surface area contributed by atoms with Gasteiger partial charge in [-0.05, 0) is 73.5 Å². The lowest BCUT2D eigenvalue weighted by Crippen LogP contribution is -2.31. The Bertz CT molecular complexity index is 1040. The summed E-state index contributed by atoms with van der Waals surface area (Å²) in [4.78, 5) is 27.1. The van der Waals surface area contributed by atoms with Crippen molar-refractivity contribution < 1.29 is 9.53 Å². The molecule has 0 bridgehead atoms. The minimum Gasteiger partial charge on any atom is -0.484 e. The van der Waals surface area contributed by atoms with Gasteiger partial charge < -0.3 is 15.0 Å². The number of aromatic amines is 1. The number of H-pyrrole nitrogens is 1. The lowest BCUT2D eigenvalue weighted by atomic mass is 10.1. The van der Waals surface area contributed by atoms with Crippen molar-refractivity contribution in [2.24, 2.45) is 0 Å². The Kier molecular flexibility index (Phi) is 5.60. The molecule has 0 spiro atoms. The predicted octanol–water partition coefficient (Wildman–Crippen LogP) is 3.19. The lowest BCUT2D eigenvalue weighted by molar-refractivity contribution is -0.123. The molecule has 1 amide bonds. The molecule has 0 aliphatic heterocycles. The maximum absolute atomic E-state index is 12.2. The Hall–Kier alpha value is -3.08. The highest BCUT2D eigenvalue weighted by molar-refractivity contribution is 5.79. The monoisotopic (exact) mass is 364 g/mol. The van der Waals surface area contributed by atoms with Gasteiger partial charge in [-0.15, -0.1) is 0 Å². The quantitative estimate of drug-likeness (QED) is 0.706. The largest absolute Gasteiger partial charge is 0.484 e. The molecule has 3 rings (SSSR count). The van der Waals surface area contributed by atoms with Gasteiger partial charge in [0.2, 0.25) is 0 Å². The van der Waals surface area contributed by atoms with Gasteiger partial charge in [0.1, 0.15) is 5.75 Å². The third-order valence-electron chi connectivity index (χ3n) is 4.64. The first kappa shape index (κ1) is 18.7. The van der Waals surface area contributed by atoms with E-state index in [0.29, 0.717) is 24.3 Å². The molecule has 0 atom stereocenters. The van der Waals surface area contributed by atoms with Crippen LogP contribution in [0.4, 0.5) is 0 Å². The number of ether oxygens (including phenoxy) is 1. The molecule has 0 radical (unpaired) electrons. The van der Waals surface area contributed by atoms with Gasteiger partial charge in [-0.25, -0.2) is 0 Å².